The van der Waals surface area contributed by atoms with Crippen LogP contribution < -0.4 is 4.74 Å². The van der Waals surface area contributed by atoms with Crippen molar-refractivity contribution in [1.29, 1.82) is 5.26 Å². The number of aliphatic hydroxyl groups is 1. The Morgan fingerprint density at radius 1 is 1.53 bits per heavy atom. The predicted octanol–water partition coefficient (Wildman–Crippen LogP) is 2.65. The molecule has 1 aromatic rings. The zero-order valence-corrected chi connectivity index (χ0v) is 10.2. The van der Waals surface area contributed by atoms with Gasteiger partial charge in [0, 0.05) is 0 Å². The van der Waals surface area contributed by atoms with E-state index in [0.29, 0.717) is 11.3 Å². The van der Waals surface area contributed by atoms with Crippen molar-refractivity contribution in [2.45, 2.75) is 13.0 Å². The lowest BCUT2D eigenvalue weighted by molar-refractivity contribution is 0.142. The molecule has 2 atom stereocenters. The largest absolute Gasteiger partial charge is 0.496 e. The highest BCUT2D eigenvalue weighted by Crippen LogP contribution is 2.30. The van der Waals surface area contributed by atoms with Crippen molar-refractivity contribution in [3.05, 3.63) is 28.2 Å². The van der Waals surface area contributed by atoms with Gasteiger partial charge in [0.1, 0.15) is 5.75 Å². The van der Waals surface area contributed by atoms with Gasteiger partial charge in [0.05, 0.1) is 29.7 Å². The Morgan fingerprint density at radius 2 is 2.20 bits per heavy atom. The van der Waals surface area contributed by atoms with Crippen LogP contribution in [0, 0.1) is 17.2 Å². The fraction of sp³-hybridized carbons (Fsp3) is 0.364. The lowest BCUT2D eigenvalue weighted by Crippen LogP contribution is -2.06. The molecule has 0 aliphatic carbocycles. The van der Waals surface area contributed by atoms with E-state index in [-0.39, 0.29) is 0 Å². The molecule has 0 radical (unpaired) electrons. The van der Waals surface area contributed by atoms with Crippen LogP contribution in [-0.4, -0.2) is 12.2 Å². The lowest BCUT2D eigenvalue weighted by atomic mass is 9.99. The van der Waals surface area contributed by atoms with Crippen molar-refractivity contribution >= 4 is 15.9 Å². The molecule has 0 saturated heterocycles. The molecular formula is C11H12BrNO2. The molecule has 0 bridgehead atoms. The van der Waals surface area contributed by atoms with E-state index in [1.54, 1.807) is 32.2 Å². The molecule has 0 fully saturated rings. The molecule has 1 aromatic carbocycles. The summed E-state index contributed by atoms with van der Waals surface area (Å²) in [5, 5.41) is 18.5. The number of hydrogen-bond donors (Lipinski definition) is 1. The second-order valence-electron chi connectivity index (χ2n) is 3.26. The average molecular weight is 270 g/mol. The van der Waals surface area contributed by atoms with Gasteiger partial charge in [0.2, 0.25) is 0 Å². The normalized spacial score (nSPS) is 14.1. The molecule has 1 rings (SSSR count). The fourth-order valence-electron chi connectivity index (χ4n) is 1.23. The Bertz CT molecular complexity index is 387. The number of methoxy groups -OCH3 is 1. The third-order valence-corrected chi connectivity index (χ3v) is 2.81. The van der Waals surface area contributed by atoms with Gasteiger partial charge in [-0.3, -0.25) is 0 Å². The molecule has 0 aromatic heterocycles. The first kappa shape index (κ1) is 12.0. The van der Waals surface area contributed by atoms with Crippen LogP contribution in [0.5, 0.6) is 5.75 Å². The van der Waals surface area contributed by atoms with Gasteiger partial charge in [-0.05, 0) is 40.5 Å². The minimum Gasteiger partial charge on any atom is -0.496 e. The van der Waals surface area contributed by atoms with Gasteiger partial charge in [0.15, 0.2) is 0 Å². The standard InChI is InChI=1S/C11H12BrNO2/c1-7(6-13)11(14)8-3-4-10(15-2)9(12)5-8/h3-5,7,11,14H,1-2H3. The molecule has 3 nitrogen and oxygen atoms in total. The summed E-state index contributed by atoms with van der Waals surface area (Å²) in [4.78, 5) is 0. The third kappa shape index (κ3) is 2.71. The van der Waals surface area contributed by atoms with E-state index < -0.39 is 12.0 Å². The zero-order chi connectivity index (χ0) is 11.4. The van der Waals surface area contributed by atoms with Crippen molar-refractivity contribution in [3.63, 3.8) is 0 Å². The molecule has 0 heterocycles. The van der Waals surface area contributed by atoms with E-state index in [2.05, 4.69) is 15.9 Å². The summed E-state index contributed by atoms with van der Waals surface area (Å²) in [6, 6.07) is 7.28. The van der Waals surface area contributed by atoms with Crippen LogP contribution in [0.2, 0.25) is 0 Å². The van der Waals surface area contributed by atoms with E-state index in [1.165, 1.54) is 0 Å². The molecule has 1 N–H and O–H groups in total. The van der Waals surface area contributed by atoms with Crippen molar-refractivity contribution in [3.8, 4) is 11.8 Å². The molecule has 4 heteroatoms. The Labute approximate surface area is 97.4 Å². The maximum atomic E-state index is 9.79. The quantitative estimate of drug-likeness (QED) is 0.918. The first-order valence-electron chi connectivity index (χ1n) is 4.51. The van der Waals surface area contributed by atoms with E-state index >= 15 is 0 Å². The average Bonchev–Trinajstić information content (AvgIpc) is 2.26. The van der Waals surface area contributed by atoms with Crippen LogP contribution in [0.25, 0.3) is 0 Å². The summed E-state index contributed by atoms with van der Waals surface area (Å²) in [6.45, 7) is 1.68. The van der Waals surface area contributed by atoms with Crippen LogP contribution in [-0.2, 0) is 0 Å². The van der Waals surface area contributed by atoms with Crippen LogP contribution in [0.3, 0.4) is 0 Å². The number of aliphatic hydroxyl groups excluding tert-OH is 1. The summed E-state index contributed by atoms with van der Waals surface area (Å²) in [5.41, 5.74) is 0.705. The van der Waals surface area contributed by atoms with Gasteiger partial charge in [-0.2, -0.15) is 5.26 Å². The first-order valence-corrected chi connectivity index (χ1v) is 5.30. The topological polar surface area (TPSA) is 53.2 Å². The van der Waals surface area contributed by atoms with Gasteiger partial charge in [-0.25, -0.2) is 0 Å². The molecule has 0 amide bonds. The molecular weight excluding hydrogens is 258 g/mol. The highest BCUT2D eigenvalue weighted by atomic mass is 79.9. The summed E-state index contributed by atoms with van der Waals surface area (Å²) < 4.78 is 5.84. The maximum Gasteiger partial charge on any atom is 0.133 e. The highest BCUT2D eigenvalue weighted by Gasteiger charge is 2.16. The molecule has 0 saturated carbocycles. The summed E-state index contributed by atoms with van der Waals surface area (Å²) in [5.74, 6) is 0.279. The SMILES string of the molecule is COc1ccc(C(O)C(C)C#N)cc1Br. The van der Waals surface area contributed by atoms with E-state index in [0.717, 1.165) is 4.47 Å². The number of benzene rings is 1. The van der Waals surface area contributed by atoms with E-state index in [9.17, 15) is 5.11 Å². The second-order valence-corrected chi connectivity index (χ2v) is 4.11. The predicted molar refractivity (Wildman–Crippen MR) is 60.4 cm³/mol. The number of halogens is 1. The van der Waals surface area contributed by atoms with Gasteiger partial charge in [-0.1, -0.05) is 6.07 Å². The smallest absolute Gasteiger partial charge is 0.133 e. The summed E-state index contributed by atoms with van der Waals surface area (Å²) in [7, 11) is 1.58. The number of nitriles is 1. The molecule has 0 aliphatic heterocycles. The van der Waals surface area contributed by atoms with Crippen molar-refractivity contribution in [2.75, 3.05) is 7.11 Å². The van der Waals surface area contributed by atoms with Crippen LogP contribution >= 0.6 is 15.9 Å². The molecule has 15 heavy (non-hydrogen) atoms. The lowest BCUT2D eigenvalue weighted by Gasteiger charge is -2.14. The van der Waals surface area contributed by atoms with Gasteiger partial charge in [0.25, 0.3) is 0 Å². The Morgan fingerprint density at radius 3 is 2.67 bits per heavy atom. The third-order valence-electron chi connectivity index (χ3n) is 2.19. The Kier molecular flexibility index (Phi) is 4.13. The highest BCUT2D eigenvalue weighted by molar-refractivity contribution is 9.10. The van der Waals surface area contributed by atoms with Crippen molar-refractivity contribution < 1.29 is 9.84 Å². The monoisotopic (exact) mass is 269 g/mol. The number of nitrogens with zero attached hydrogens (tertiary/aromatic N) is 1. The van der Waals surface area contributed by atoms with Gasteiger partial charge < -0.3 is 9.84 Å². The molecule has 0 spiro atoms. The number of ether oxygens (including phenoxy) is 1. The van der Waals surface area contributed by atoms with E-state index in [4.69, 9.17) is 10.00 Å². The molecule has 2 unspecified atom stereocenters. The maximum absolute atomic E-state index is 9.79. The fourth-order valence-corrected chi connectivity index (χ4v) is 1.78. The Balaban J connectivity index is 2.98. The molecule has 0 aliphatic rings. The number of hydrogen-bond acceptors (Lipinski definition) is 3. The minimum absolute atomic E-state index is 0.426. The van der Waals surface area contributed by atoms with Gasteiger partial charge in [-0.15, -0.1) is 0 Å². The number of rotatable bonds is 3. The minimum atomic E-state index is -0.766. The van der Waals surface area contributed by atoms with Crippen LogP contribution in [0.15, 0.2) is 22.7 Å². The van der Waals surface area contributed by atoms with Crippen molar-refractivity contribution in [2.24, 2.45) is 5.92 Å². The van der Waals surface area contributed by atoms with Crippen LogP contribution in [0.4, 0.5) is 0 Å². The van der Waals surface area contributed by atoms with Crippen LogP contribution in [0.1, 0.15) is 18.6 Å². The second kappa shape index (κ2) is 5.15. The van der Waals surface area contributed by atoms with Gasteiger partial charge >= 0.3 is 0 Å². The van der Waals surface area contributed by atoms with E-state index in [1.807, 2.05) is 6.07 Å². The summed E-state index contributed by atoms with van der Waals surface area (Å²) in [6.07, 6.45) is -0.766. The zero-order valence-electron chi connectivity index (χ0n) is 8.57. The summed E-state index contributed by atoms with van der Waals surface area (Å²) >= 11 is 3.33. The Hall–Kier alpha value is -1.05. The first-order chi connectivity index (χ1) is 7.10. The van der Waals surface area contributed by atoms with Crippen molar-refractivity contribution in [1.82, 2.24) is 0 Å². The molecule has 80 valence electrons.